The van der Waals surface area contributed by atoms with E-state index in [9.17, 15) is 10.2 Å². The van der Waals surface area contributed by atoms with Crippen LogP contribution >= 0.6 is 23.2 Å². The number of aromatic nitrogens is 1. The number of alkyl halides is 2. The first-order chi connectivity index (χ1) is 27.0. The SMILES string of the molecule is O=C(N[C@@H]1CC[C@@H](CO)OC1)[C@H]1[C@H](c2ccnc(Cl)c2F)C2(C(=O)Nc3cc(Cl)ccc32)C2(CC(CF)(CF)C2)N1[C@H](c1ccccc1)[C@@H](O)c1ccccc1. The Morgan fingerprint density at radius 2 is 1.68 bits per heavy atom. The van der Waals surface area contributed by atoms with Crippen molar-refractivity contribution in [2.75, 3.05) is 31.9 Å². The van der Waals surface area contributed by atoms with E-state index in [1.54, 1.807) is 83.8 Å². The minimum atomic E-state index is -1.90. The maximum absolute atomic E-state index is 16.9. The van der Waals surface area contributed by atoms with Crippen molar-refractivity contribution in [1.29, 1.82) is 0 Å². The standard InChI is InChI=1S/C42H41Cl2F3N4O5/c43-26-11-14-30-31(17-26)50-39(55)42(30)32(29-15-16-48-37(44)33(29)47)35(38(54)49-27-12-13-28(18-52)56-19-27)51(41(42)20-40(21-41,22-45)23-46)34(24-7-3-1-4-8-24)36(53)25-9-5-2-6-10-25/h1-11,14-17,27-28,32,34-36,52-53H,12-13,18-23H2,(H,49,54)(H,50,55)/t27-,28+,32+,34-,35-,36+,42?/m1/s1. The number of carbonyl (C=O) groups is 2. The average Bonchev–Trinajstić information content (AvgIpc) is 3.64. The number of fused-ring (bicyclic) bond motifs is 3. The van der Waals surface area contributed by atoms with Gasteiger partial charge in [-0.25, -0.2) is 9.37 Å². The molecule has 2 spiro atoms. The zero-order chi connectivity index (χ0) is 39.4. The van der Waals surface area contributed by atoms with E-state index in [1.807, 2.05) is 0 Å². The highest BCUT2D eigenvalue weighted by Crippen LogP contribution is 2.74. The largest absolute Gasteiger partial charge is 0.394 e. The van der Waals surface area contributed by atoms with Gasteiger partial charge in [0, 0.05) is 33.8 Å². The minimum Gasteiger partial charge on any atom is -0.394 e. The molecule has 8 rings (SSSR count). The molecule has 2 amide bonds. The number of benzene rings is 3. The summed E-state index contributed by atoms with van der Waals surface area (Å²) in [6.07, 6.45) is -0.110. The Bertz CT molecular complexity index is 2100. The third-order valence-electron chi connectivity index (χ3n) is 12.5. The Balaban J connectivity index is 1.45. The summed E-state index contributed by atoms with van der Waals surface area (Å²) in [5, 5.41) is 28.2. The normalized spacial score (nSPS) is 27.4. The van der Waals surface area contributed by atoms with Crippen LogP contribution < -0.4 is 10.6 Å². The summed E-state index contributed by atoms with van der Waals surface area (Å²) in [5.74, 6) is -3.60. The lowest BCUT2D eigenvalue weighted by molar-refractivity contribution is -0.166. The Labute approximate surface area is 332 Å². The number of aliphatic hydroxyl groups excluding tert-OH is 2. The van der Waals surface area contributed by atoms with Gasteiger partial charge in [0.25, 0.3) is 0 Å². The van der Waals surface area contributed by atoms with Gasteiger partial charge >= 0.3 is 0 Å². The number of likely N-dealkylation sites (tertiary alicyclic amines) is 1. The van der Waals surface area contributed by atoms with Gasteiger partial charge in [-0.15, -0.1) is 0 Å². The fourth-order valence-electron chi connectivity index (χ4n) is 10.2. The van der Waals surface area contributed by atoms with E-state index in [4.69, 9.17) is 27.9 Å². The van der Waals surface area contributed by atoms with Gasteiger partial charge in [-0.2, -0.15) is 0 Å². The summed E-state index contributed by atoms with van der Waals surface area (Å²) < 4.78 is 53.2. The van der Waals surface area contributed by atoms with Gasteiger partial charge in [-0.3, -0.25) is 23.3 Å². The molecule has 3 aromatic carbocycles. The molecule has 0 bridgehead atoms. The molecule has 1 saturated carbocycles. The molecule has 0 radical (unpaired) electrons. The summed E-state index contributed by atoms with van der Waals surface area (Å²) in [6.45, 7) is -2.25. The van der Waals surface area contributed by atoms with Gasteiger partial charge in [0.15, 0.2) is 11.0 Å². The molecule has 3 aliphatic heterocycles. The van der Waals surface area contributed by atoms with Crippen LogP contribution in [0.1, 0.15) is 66.0 Å². The fourth-order valence-corrected chi connectivity index (χ4v) is 10.6. The van der Waals surface area contributed by atoms with E-state index >= 15 is 22.8 Å². The van der Waals surface area contributed by atoms with Crippen molar-refractivity contribution in [2.45, 2.75) is 72.9 Å². The summed E-state index contributed by atoms with van der Waals surface area (Å²) in [5.41, 5.74) is -3.49. The lowest BCUT2D eigenvalue weighted by Crippen LogP contribution is -2.72. The van der Waals surface area contributed by atoms with E-state index < -0.39 is 88.8 Å². The number of hydrogen-bond donors (Lipinski definition) is 4. The van der Waals surface area contributed by atoms with Crippen LogP contribution in [0.4, 0.5) is 18.9 Å². The molecule has 1 aliphatic carbocycles. The molecular weight excluding hydrogens is 768 g/mol. The van der Waals surface area contributed by atoms with Gasteiger partial charge in [-0.05, 0) is 66.1 Å². The third-order valence-corrected chi connectivity index (χ3v) is 13.0. The number of hydrogen-bond acceptors (Lipinski definition) is 7. The van der Waals surface area contributed by atoms with Crippen LogP contribution in [0.5, 0.6) is 0 Å². The second-order valence-electron chi connectivity index (χ2n) is 15.6. The number of halogens is 5. The van der Waals surface area contributed by atoms with Crippen LogP contribution in [0, 0.1) is 11.2 Å². The molecule has 3 fully saturated rings. The Kier molecular flexibility index (Phi) is 10.4. The first-order valence-corrected chi connectivity index (χ1v) is 19.4. The predicted octanol–water partition coefficient (Wildman–Crippen LogP) is 6.77. The first kappa shape index (κ1) is 38.8. The smallest absolute Gasteiger partial charge is 0.238 e. The van der Waals surface area contributed by atoms with Crippen LogP contribution in [-0.2, 0) is 19.7 Å². The molecule has 7 atom stereocenters. The van der Waals surface area contributed by atoms with Crippen LogP contribution in [0.3, 0.4) is 0 Å². The van der Waals surface area contributed by atoms with Crippen molar-refractivity contribution in [3.63, 3.8) is 0 Å². The number of nitrogens with one attached hydrogen (secondary N) is 2. The van der Waals surface area contributed by atoms with Crippen molar-refractivity contribution >= 4 is 40.7 Å². The third kappa shape index (κ3) is 5.94. The topological polar surface area (TPSA) is 124 Å². The van der Waals surface area contributed by atoms with E-state index in [0.717, 1.165) is 0 Å². The Morgan fingerprint density at radius 1 is 1.00 bits per heavy atom. The van der Waals surface area contributed by atoms with Crippen LogP contribution in [0.25, 0.3) is 0 Å². The molecule has 14 heteroatoms. The van der Waals surface area contributed by atoms with Crippen molar-refractivity contribution in [3.05, 3.63) is 129 Å². The molecular formula is C42H41Cl2F3N4O5. The van der Waals surface area contributed by atoms with Crippen LogP contribution in [0.15, 0.2) is 91.1 Å². The quantitative estimate of drug-likeness (QED) is 0.131. The van der Waals surface area contributed by atoms with Crippen molar-refractivity contribution in [2.24, 2.45) is 5.41 Å². The lowest BCUT2D eigenvalue weighted by Gasteiger charge is -2.63. The highest BCUT2D eigenvalue weighted by atomic mass is 35.5. The van der Waals surface area contributed by atoms with Gasteiger partial charge in [-0.1, -0.05) is 89.9 Å². The highest BCUT2D eigenvalue weighted by molar-refractivity contribution is 6.31. The molecule has 1 aromatic heterocycles. The Morgan fingerprint density at radius 3 is 2.30 bits per heavy atom. The maximum atomic E-state index is 16.9. The molecule has 2 saturated heterocycles. The average molecular weight is 810 g/mol. The van der Waals surface area contributed by atoms with Gasteiger partial charge in [0.05, 0.1) is 56.9 Å². The molecule has 294 valence electrons. The summed E-state index contributed by atoms with van der Waals surface area (Å²) in [7, 11) is 0. The number of pyridine rings is 1. The molecule has 9 nitrogen and oxygen atoms in total. The van der Waals surface area contributed by atoms with Crippen molar-refractivity contribution in [1.82, 2.24) is 15.2 Å². The molecule has 4 N–H and O–H groups in total. The lowest BCUT2D eigenvalue weighted by atomic mass is 9.45. The fraction of sp³-hybridized carbons (Fsp3) is 0.405. The molecule has 4 heterocycles. The maximum Gasteiger partial charge on any atom is 0.238 e. The zero-order valence-electron chi connectivity index (χ0n) is 30.2. The van der Waals surface area contributed by atoms with Crippen LogP contribution in [0.2, 0.25) is 10.2 Å². The van der Waals surface area contributed by atoms with E-state index in [0.29, 0.717) is 40.2 Å². The molecule has 4 aliphatic rings. The second kappa shape index (κ2) is 15.0. The second-order valence-corrected chi connectivity index (χ2v) is 16.4. The van der Waals surface area contributed by atoms with Gasteiger partial charge in [0.2, 0.25) is 11.8 Å². The number of rotatable bonds is 10. The van der Waals surface area contributed by atoms with Crippen LogP contribution in [-0.4, -0.2) is 82.2 Å². The number of anilines is 1. The monoisotopic (exact) mass is 808 g/mol. The molecule has 56 heavy (non-hydrogen) atoms. The van der Waals surface area contributed by atoms with Crippen molar-refractivity contribution in [3.8, 4) is 0 Å². The number of carbonyl (C=O) groups excluding carboxylic acids is 2. The molecule has 4 aromatic rings. The summed E-state index contributed by atoms with van der Waals surface area (Å²) >= 11 is 12.9. The molecule has 1 unspecified atom stereocenters. The van der Waals surface area contributed by atoms with Crippen molar-refractivity contribution < 1.29 is 37.7 Å². The highest BCUT2D eigenvalue weighted by Gasteiger charge is 2.82. The number of ether oxygens (including phenoxy) is 1. The van der Waals surface area contributed by atoms with Gasteiger partial charge < -0.3 is 25.6 Å². The minimum absolute atomic E-state index is 0.0729. The summed E-state index contributed by atoms with van der Waals surface area (Å²) in [4.78, 5) is 36.5. The summed E-state index contributed by atoms with van der Waals surface area (Å²) in [6, 6.07) is 20.7. The van der Waals surface area contributed by atoms with Gasteiger partial charge in [0.1, 0.15) is 5.41 Å². The van der Waals surface area contributed by atoms with E-state index in [2.05, 4.69) is 15.6 Å². The number of amides is 2. The predicted molar refractivity (Wildman–Crippen MR) is 204 cm³/mol. The first-order valence-electron chi connectivity index (χ1n) is 18.7. The van der Waals surface area contributed by atoms with E-state index in [-0.39, 0.29) is 31.6 Å². The Hall–Kier alpha value is -4.04. The zero-order valence-corrected chi connectivity index (χ0v) is 31.7. The van der Waals surface area contributed by atoms with E-state index in [1.165, 1.54) is 12.3 Å². The number of nitrogens with zero attached hydrogens (tertiary/aromatic N) is 2. The number of aliphatic hydroxyl groups is 2.